The van der Waals surface area contributed by atoms with Crippen molar-refractivity contribution in [3.8, 4) is 22.5 Å². The van der Waals surface area contributed by atoms with Crippen LogP contribution in [0.5, 0.6) is 0 Å². The molecule has 8 bridgehead atoms. The molecule has 0 spiro atoms. The quantitative estimate of drug-likeness (QED) is 0.276. The summed E-state index contributed by atoms with van der Waals surface area (Å²) in [5, 5.41) is 6.57. The number of benzene rings is 2. The average Bonchev–Trinajstić information content (AvgIpc) is 3.47. The van der Waals surface area contributed by atoms with E-state index in [1.807, 2.05) is 24.3 Å². The third kappa shape index (κ3) is 4.48. The number of anilines is 2. The van der Waals surface area contributed by atoms with Crippen LogP contribution < -0.4 is 10.6 Å². The van der Waals surface area contributed by atoms with Crippen LogP contribution >= 0.6 is 0 Å². The third-order valence-electron chi connectivity index (χ3n) is 12.6. The predicted molar refractivity (Wildman–Crippen MR) is 170 cm³/mol. The van der Waals surface area contributed by atoms with E-state index < -0.39 is 0 Å². The van der Waals surface area contributed by atoms with E-state index in [9.17, 15) is 9.59 Å². The standard InChI is InChI=1S/C38H43N3O2/c42-35(37-17-23-11-24(18-37)13-25(12-23)19-37)39-31-5-1-29(2-6-31)33-9-10-34(41-33)30-3-7-32(8-4-30)40-36(43)38-20-26-14-27(21-38)16-28(15-26)22-38/h1-10,23-28,41H,11-22H2,(H,39,42)(H,40,43). The van der Waals surface area contributed by atoms with Gasteiger partial charge in [0.15, 0.2) is 0 Å². The third-order valence-corrected chi connectivity index (χ3v) is 12.6. The van der Waals surface area contributed by atoms with Crippen molar-refractivity contribution in [3.05, 3.63) is 60.7 Å². The first-order valence-corrected chi connectivity index (χ1v) is 16.9. The van der Waals surface area contributed by atoms with E-state index >= 15 is 0 Å². The van der Waals surface area contributed by atoms with Gasteiger partial charge >= 0.3 is 0 Å². The van der Waals surface area contributed by atoms with Gasteiger partial charge in [-0.05, 0) is 160 Å². The Labute approximate surface area is 254 Å². The van der Waals surface area contributed by atoms with Crippen LogP contribution in [-0.2, 0) is 9.59 Å². The molecule has 5 heteroatoms. The molecule has 8 aliphatic rings. The van der Waals surface area contributed by atoms with E-state index in [2.05, 4.69) is 52.0 Å². The lowest BCUT2D eigenvalue weighted by Crippen LogP contribution is -2.51. The highest BCUT2D eigenvalue weighted by atomic mass is 16.2. The summed E-state index contributed by atoms with van der Waals surface area (Å²) in [5.41, 5.74) is 5.81. The van der Waals surface area contributed by atoms with Gasteiger partial charge in [0.2, 0.25) is 11.8 Å². The Morgan fingerprint density at radius 1 is 0.488 bits per heavy atom. The molecule has 0 aliphatic heterocycles. The van der Waals surface area contributed by atoms with E-state index in [1.165, 1.54) is 38.5 Å². The second-order valence-corrected chi connectivity index (χ2v) is 15.7. The highest BCUT2D eigenvalue weighted by Crippen LogP contribution is 2.61. The number of carbonyl (C=O) groups is 2. The molecule has 2 aromatic carbocycles. The topological polar surface area (TPSA) is 74.0 Å². The van der Waals surface area contributed by atoms with Crippen molar-refractivity contribution in [1.29, 1.82) is 0 Å². The molecule has 2 amide bonds. The first kappa shape index (κ1) is 26.1. The van der Waals surface area contributed by atoms with Gasteiger partial charge in [0.25, 0.3) is 0 Å². The van der Waals surface area contributed by atoms with Gasteiger partial charge in [-0.3, -0.25) is 9.59 Å². The monoisotopic (exact) mass is 573 g/mol. The Morgan fingerprint density at radius 3 is 1.09 bits per heavy atom. The second kappa shape index (κ2) is 9.58. The van der Waals surface area contributed by atoms with Crippen LogP contribution in [0.25, 0.3) is 22.5 Å². The largest absolute Gasteiger partial charge is 0.355 e. The molecular formula is C38H43N3O2. The van der Waals surface area contributed by atoms with Gasteiger partial charge in [-0.1, -0.05) is 24.3 Å². The number of hydrogen-bond acceptors (Lipinski definition) is 2. The van der Waals surface area contributed by atoms with Crippen molar-refractivity contribution >= 4 is 23.2 Å². The number of H-pyrrole nitrogens is 1. The number of carbonyl (C=O) groups excluding carboxylic acids is 2. The summed E-state index contributed by atoms with van der Waals surface area (Å²) in [6.07, 6.45) is 14.6. The van der Waals surface area contributed by atoms with Crippen LogP contribution in [0, 0.1) is 46.3 Å². The molecule has 0 unspecified atom stereocenters. The lowest BCUT2D eigenvalue weighted by atomic mass is 9.49. The maximum atomic E-state index is 13.5. The number of hydrogen-bond donors (Lipinski definition) is 3. The zero-order valence-electron chi connectivity index (χ0n) is 25.0. The van der Waals surface area contributed by atoms with Gasteiger partial charge in [0, 0.05) is 22.8 Å². The molecule has 0 saturated heterocycles. The Hall–Kier alpha value is -3.34. The summed E-state index contributed by atoms with van der Waals surface area (Å²) in [4.78, 5) is 30.5. The highest BCUT2D eigenvalue weighted by Gasteiger charge is 2.55. The smallest absolute Gasteiger partial charge is 0.230 e. The minimum atomic E-state index is -0.130. The van der Waals surface area contributed by atoms with Gasteiger partial charge in [0.1, 0.15) is 0 Å². The van der Waals surface area contributed by atoms with E-state index in [1.54, 1.807) is 0 Å². The fourth-order valence-electron chi connectivity index (χ4n) is 11.5. The van der Waals surface area contributed by atoms with E-state index in [0.29, 0.717) is 0 Å². The zero-order chi connectivity index (χ0) is 28.8. The highest BCUT2D eigenvalue weighted by molar-refractivity contribution is 5.96. The van der Waals surface area contributed by atoms with Crippen molar-refractivity contribution < 1.29 is 9.59 Å². The molecule has 43 heavy (non-hydrogen) atoms. The van der Waals surface area contributed by atoms with Crippen LogP contribution in [0.2, 0.25) is 0 Å². The molecule has 8 fully saturated rings. The SMILES string of the molecule is O=C(Nc1ccc(-c2ccc(-c3ccc(NC(=O)C45CC6CC(CC(C6)C4)C5)cc3)[nH]2)cc1)C12CC3CC(CC(C3)C1)C2. The van der Waals surface area contributed by atoms with E-state index in [4.69, 9.17) is 0 Å². The summed E-state index contributed by atoms with van der Waals surface area (Å²) in [6, 6.07) is 20.7. The van der Waals surface area contributed by atoms with Crippen molar-refractivity contribution in [1.82, 2.24) is 4.98 Å². The van der Waals surface area contributed by atoms with Crippen molar-refractivity contribution in [2.75, 3.05) is 10.6 Å². The number of rotatable bonds is 6. The fourth-order valence-corrected chi connectivity index (χ4v) is 11.5. The van der Waals surface area contributed by atoms with Crippen molar-refractivity contribution in [2.45, 2.75) is 77.0 Å². The van der Waals surface area contributed by atoms with Gasteiger partial charge in [-0.25, -0.2) is 0 Å². The number of amides is 2. The zero-order valence-corrected chi connectivity index (χ0v) is 25.0. The summed E-state index contributed by atoms with van der Waals surface area (Å²) < 4.78 is 0. The van der Waals surface area contributed by atoms with Crippen LogP contribution in [0.4, 0.5) is 11.4 Å². The minimum Gasteiger partial charge on any atom is -0.355 e. The summed E-state index contributed by atoms with van der Waals surface area (Å²) >= 11 is 0. The molecule has 11 rings (SSSR count). The van der Waals surface area contributed by atoms with Gasteiger partial charge < -0.3 is 15.6 Å². The number of nitrogens with one attached hydrogen (secondary N) is 3. The first-order chi connectivity index (χ1) is 20.9. The average molecular weight is 574 g/mol. The molecule has 0 atom stereocenters. The Kier molecular flexibility index (Phi) is 5.81. The molecule has 0 radical (unpaired) electrons. The molecule has 8 aliphatic carbocycles. The predicted octanol–water partition coefficient (Wildman–Crippen LogP) is 8.66. The maximum Gasteiger partial charge on any atom is 0.230 e. The number of aromatic nitrogens is 1. The first-order valence-electron chi connectivity index (χ1n) is 16.9. The molecule has 3 aromatic rings. The molecular weight excluding hydrogens is 530 g/mol. The van der Waals surface area contributed by atoms with E-state index in [0.717, 1.165) is 108 Å². The fraction of sp³-hybridized carbons (Fsp3) is 0.526. The normalized spacial score (nSPS) is 36.6. The van der Waals surface area contributed by atoms with Crippen molar-refractivity contribution in [2.24, 2.45) is 46.3 Å². The van der Waals surface area contributed by atoms with Gasteiger partial charge in [0.05, 0.1) is 10.8 Å². The molecule has 1 heterocycles. The maximum absolute atomic E-state index is 13.5. The van der Waals surface area contributed by atoms with Crippen LogP contribution in [0.1, 0.15) is 77.0 Å². The molecule has 5 nitrogen and oxygen atoms in total. The lowest BCUT2D eigenvalue weighted by molar-refractivity contribution is -0.141. The Bertz CT molecular complexity index is 1380. The number of aromatic amines is 1. The summed E-state index contributed by atoms with van der Waals surface area (Å²) in [7, 11) is 0. The van der Waals surface area contributed by atoms with Gasteiger partial charge in [-0.15, -0.1) is 0 Å². The summed E-state index contributed by atoms with van der Waals surface area (Å²) in [5.74, 6) is 5.10. The Morgan fingerprint density at radius 2 is 0.791 bits per heavy atom. The lowest BCUT2D eigenvalue weighted by Gasteiger charge is -2.55. The molecule has 1 aromatic heterocycles. The second-order valence-electron chi connectivity index (χ2n) is 15.7. The van der Waals surface area contributed by atoms with Crippen LogP contribution in [-0.4, -0.2) is 16.8 Å². The van der Waals surface area contributed by atoms with Gasteiger partial charge in [-0.2, -0.15) is 0 Å². The van der Waals surface area contributed by atoms with Crippen molar-refractivity contribution in [3.63, 3.8) is 0 Å². The molecule has 222 valence electrons. The molecule has 3 N–H and O–H groups in total. The van der Waals surface area contributed by atoms with E-state index in [-0.39, 0.29) is 22.6 Å². The Balaban J connectivity index is 0.847. The molecule has 8 saturated carbocycles. The van der Waals surface area contributed by atoms with Crippen LogP contribution in [0.15, 0.2) is 60.7 Å². The minimum absolute atomic E-state index is 0.130. The van der Waals surface area contributed by atoms with Crippen LogP contribution in [0.3, 0.4) is 0 Å². The summed E-state index contributed by atoms with van der Waals surface area (Å²) in [6.45, 7) is 0.